The predicted octanol–water partition coefficient (Wildman–Crippen LogP) is 4.74. The lowest BCUT2D eigenvalue weighted by Gasteiger charge is -2.10. The molecule has 1 N–H and O–H groups in total. The number of amides is 1. The SMILES string of the molecule is Cc1ccc(NC(=O)c2ccc3cnccc3c2)nc1-c1ccc2cnn(C)c2c1. The fraction of sp³-hybridized carbons (Fsp3) is 0.0833. The van der Waals surface area contributed by atoms with E-state index in [0.717, 1.165) is 38.5 Å². The van der Waals surface area contributed by atoms with Crippen molar-refractivity contribution >= 4 is 33.4 Å². The quantitative estimate of drug-likeness (QED) is 0.480. The fourth-order valence-electron chi connectivity index (χ4n) is 3.60. The molecule has 0 spiro atoms. The van der Waals surface area contributed by atoms with E-state index in [2.05, 4.69) is 21.5 Å². The minimum absolute atomic E-state index is 0.196. The molecule has 5 rings (SSSR count). The van der Waals surface area contributed by atoms with Crippen molar-refractivity contribution in [3.63, 3.8) is 0 Å². The van der Waals surface area contributed by atoms with E-state index in [-0.39, 0.29) is 5.91 Å². The lowest BCUT2D eigenvalue weighted by Crippen LogP contribution is -2.13. The summed E-state index contributed by atoms with van der Waals surface area (Å²) in [6.07, 6.45) is 5.34. The van der Waals surface area contributed by atoms with E-state index in [1.807, 2.05) is 67.3 Å². The molecule has 0 aliphatic rings. The van der Waals surface area contributed by atoms with Gasteiger partial charge >= 0.3 is 0 Å². The van der Waals surface area contributed by atoms with E-state index in [9.17, 15) is 4.79 Å². The number of anilines is 1. The average molecular weight is 393 g/mol. The Morgan fingerprint density at radius 1 is 0.933 bits per heavy atom. The number of fused-ring (bicyclic) bond motifs is 2. The van der Waals surface area contributed by atoms with Gasteiger partial charge in [-0.15, -0.1) is 0 Å². The molecule has 0 fully saturated rings. The van der Waals surface area contributed by atoms with Gasteiger partial charge in [-0.1, -0.05) is 24.3 Å². The Morgan fingerprint density at radius 3 is 2.70 bits per heavy atom. The number of rotatable bonds is 3. The molecule has 0 unspecified atom stereocenters. The third-order valence-electron chi connectivity index (χ3n) is 5.26. The number of carbonyl (C=O) groups excluding carboxylic acids is 1. The van der Waals surface area contributed by atoms with Crippen molar-refractivity contribution in [1.29, 1.82) is 0 Å². The zero-order chi connectivity index (χ0) is 20.7. The maximum Gasteiger partial charge on any atom is 0.256 e. The van der Waals surface area contributed by atoms with Crippen molar-refractivity contribution in [1.82, 2.24) is 19.7 Å². The van der Waals surface area contributed by atoms with E-state index >= 15 is 0 Å². The first-order chi connectivity index (χ1) is 14.6. The van der Waals surface area contributed by atoms with Gasteiger partial charge in [0.2, 0.25) is 0 Å². The smallest absolute Gasteiger partial charge is 0.256 e. The highest BCUT2D eigenvalue weighted by Crippen LogP contribution is 2.27. The number of nitrogens with zero attached hydrogens (tertiary/aromatic N) is 4. The van der Waals surface area contributed by atoms with Gasteiger partial charge < -0.3 is 5.32 Å². The van der Waals surface area contributed by atoms with Crippen LogP contribution in [0.3, 0.4) is 0 Å². The van der Waals surface area contributed by atoms with Gasteiger partial charge in [0.05, 0.1) is 17.4 Å². The summed E-state index contributed by atoms with van der Waals surface area (Å²) in [6.45, 7) is 2.01. The Morgan fingerprint density at radius 2 is 1.80 bits per heavy atom. The minimum Gasteiger partial charge on any atom is -0.307 e. The molecule has 0 bridgehead atoms. The number of nitrogens with one attached hydrogen (secondary N) is 1. The van der Waals surface area contributed by atoms with Crippen LogP contribution in [0, 0.1) is 6.92 Å². The third-order valence-corrected chi connectivity index (χ3v) is 5.26. The van der Waals surface area contributed by atoms with Crippen LogP contribution in [-0.4, -0.2) is 25.7 Å². The standard InChI is InChI=1S/C24H19N5O/c1-15-3-8-22(27-23(15)17-4-7-20-14-26-29(2)21(20)12-17)28-24(30)18-5-6-19-13-25-10-9-16(19)11-18/h3-14H,1-2H3,(H,27,28,30). The summed E-state index contributed by atoms with van der Waals surface area (Å²) in [5.41, 5.74) is 4.47. The van der Waals surface area contributed by atoms with Crippen LogP contribution in [0.25, 0.3) is 32.9 Å². The molecule has 6 heteroatoms. The van der Waals surface area contributed by atoms with E-state index in [0.29, 0.717) is 11.4 Å². The number of aromatic nitrogens is 4. The summed E-state index contributed by atoms with van der Waals surface area (Å²) < 4.78 is 1.84. The molecule has 0 atom stereocenters. The first kappa shape index (κ1) is 18.0. The molecule has 6 nitrogen and oxygen atoms in total. The highest BCUT2D eigenvalue weighted by atomic mass is 16.1. The average Bonchev–Trinajstić information content (AvgIpc) is 3.15. The molecule has 2 aromatic carbocycles. The number of benzene rings is 2. The Hall–Kier alpha value is -4.06. The van der Waals surface area contributed by atoms with Crippen LogP contribution < -0.4 is 5.32 Å². The van der Waals surface area contributed by atoms with Crippen LogP contribution in [0.4, 0.5) is 5.82 Å². The van der Waals surface area contributed by atoms with Crippen molar-refractivity contribution in [3.8, 4) is 11.3 Å². The molecule has 3 heterocycles. The van der Waals surface area contributed by atoms with Gasteiger partial charge in [-0.2, -0.15) is 5.10 Å². The van der Waals surface area contributed by atoms with E-state index in [1.165, 1.54) is 0 Å². The Balaban J connectivity index is 1.47. The van der Waals surface area contributed by atoms with Crippen LogP contribution in [0.15, 0.2) is 73.2 Å². The highest BCUT2D eigenvalue weighted by molar-refractivity contribution is 6.06. The number of carbonyl (C=O) groups is 1. The van der Waals surface area contributed by atoms with Gasteiger partial charge in [-0.25, -0.2) is 4.98 Å². The molecule has 146 valence electrons. The molecular weight excluding hydrogens is 374 g/mol. The summed E-state index contributed by atoms with van der Waals surface area (Å²) in [5, 5.41) is 10.3. The van der Waals surface area contributed by atoms with E-state index in [4.69, 9.17) is 4.98 Å². The molecule has 0 saturated carbocycles. The Labute approximate surface area is 173 Å². The minimum atomic E-state index is -0.196. The predicted molar refractivity (Wildman–Crippen MR) is 118 cm³/mol. The zero-order valence-corrected chi connectivity index (χ0v) is 16.6. The second-order valence-corrected chi connectivity index (χ2v) is 7.30. The second-order valence-electron chi connectivity index (χ2n) is 7.30. The van der Waals surface area contributed by atoms with Crippen molar-refractivity contribution in [3.05, 3.63) is 84.3 Å². The van der Waals surface area contributed by atoms with Crippen molar-refractivity contribution in [2.24, 2.45) is 7.05 Å². The summed E-state index contributed by atoms with van der Waals surface area (Å²) in [6, 6.07) is 17.4. The van der Waals surface area contributed by atoms with Gasteiger partial charge in [0.25, 0.3) is 5.91 Å². The first-order valence-corrected chi connectivity index (χ1v) is 9.63. The Bertz CT molecular complexity index is 1420. The maximum atomic E-state index is 12.8. The lowest BCUT2D eigenvalue weighted by molar-refractivity contribution is 0.102. The van der Waals surface area contributed by atoms with Crippen LogP contribution in [0.1, 0.15) is 15.9 Å². The molecule has 3 aromatic heterocycles. The van der Waals surface area contributed by atoms with E-state index in [1.54, 1.807) is 18.5 Å². The molecule has 1 amide bonds. The number of aryl methyl sites for hydroxylation is 2. The molecule has 0 aliphatic heterocycles. The monoisotopic (exact) mass is 393 g/mol. The van der Waals surface area contributed by atoms with Gasteiger partial charge in [-0.3, -0.25) is 14.5 Å². The number of hydrogen-bond acceptors (Lipinski definition) is 4. The van der Waals surface area contributed by atoms with Crippen LogP contribution in [-0.2, 0) is 7.05 Å². The van der Waals surface area contributed by atoms with Crippen LogP contribution in [0.5, 0.6) is 0 Å². The molecule has 0 radical (unpaired) electrons. The highest BCUT2D eigenvalue weighted by Gasteiger charge is 2.12. The van der Waals surface area contributed by atoms with Crippen molar-refractivity contribution in [2.75, 3.05) is 5.32 Å². The summed E-state index contributed by atoms with van der Waals surface area (Å²) in [4.78, 5) is 21.6. The van der Waals surface area contributed by atoms with Gasteiger partial charge in [-0.05, 0) is 48.2 Å². The van der Waals surface area contributed by atoms with Crippen molar-refractivity contribution in [2.45, 2.75) is 6.92 Å². The summed E-state index contributed by atoms with van der Waals surface area (Å²) >= 11 is 0. The Kier molecular flexibility index (Phi) is 4.25. The molecule has 0 saturated heterocycles. The van der Waals surface area contributed by atoms with Gasteiger partial charge in [0.15, 0.2) is 0 Å². The maximum absolute atomic E-state index is 12.8. The van der Waals surface area contributed by atoms with Crippen LogP contribution in [0.2, 0.25) is 0 Å². The fourth-order valence-corrected chi connectivity index (χ4v) is 3.60. The molecular formula is C24H19N5O. The van der Waals surface area contributed by atoms with E-state index < -0.39 is 0 Å². The zero-order valence-electron chi connectivity index (χ0n) is 16.6. The summed E-state index contributed by atoms with van der Waals surface area (Å²) in [5.74, 6) is 0.318. The first-order valence-electron chi connectivity index (χ1n) is 9.63. The van der Waals surface area contributed by atoms with Crippen LogP contribution >= 0.6 is 0 Å². The number of pyridine rings is 2. The van der Waals surface area contributed by atoms with Gasteiger partial charge in [0, 0.05) is 41.3 Å². The third kappa shape index (κ3) is 3.18. The summed E-state index contributed by atoms with van der Waals surface area (Å²) in [7, 11) is 1.92. The van der Waals surface area contributed by atoms with Crippen molar-refractivity contribution < 1.29 is 4.79 Å². The lowest BCUT2D eigenvalue weighted by atomic mass is 10.1. The number of hydrogen-bond donors (Lipinski definition) is 1. The normalized spacial score (nSPS) is 11.1. The second kappa shape index (κ2) is 7.08. The van der Waals surface area contributed by atoms with Gasteiger partial charge in [0.1, 0.15) is 5.82 Å². The molecule has 5 aromatic rings. The topological polar surface area (TPSA) is 72.7 Å². The molecule has 30 heavy (non-hydrogen) atoms. The molecule has 0 aliphatic carbocycles. The largest absolute Gasteiger partial charge is 0.307 e.